The van der Waals surface area contributed by atoms with Gasteiger partial charge in [0, 0.05) is 13.1 Å². The monoisotopic (exact) mass is 414 g/mol. The van der Waals surface area contributed by atoms with E-state index < -0.39 is 0 Å². The van der Waals surface area contributed by atoms with Gasteiger partial charge in [-0.25, -0.2) is 0 Å². The fraction of sp³-hybridized carbons (Fsp3) is 0.583. The molecule has 0 unspecified atom stereocenters. The molecule has 0 atom stereocenters. The summed E-state index contributed by atoms with van der Waals surface area (Å²) in [5, 5.41) is 0. The Morgan fingerprint density at radius 1 is 1.03 bits per heavy atom. The molecule has 0 spiro atoms. The lowest BCUT2D eigenvalue weighted by Gasteiger charge is -2.32. The highest BCUT2D eigenvalue weighted by atomic mass is 16.5. The van der Waals surface area contributed by atoms with Crippen molar-refractivity contribution in [2.45, 2.75) is 53.1 Å². The van der Waals surface area contributed by atoms with Crippen LogP contribution in [-0.4, -0.2) is 60.6 Å². The zero-order valence-corrected chi connectivity index (χ0v) is 18.6. The molecule has 0 saturated carbocycles. The lowest BCUT2D eigenvalue weighted by atomic mass is 9.97. The molecule has 0 aliphatic carbocycles. The summed E-state index contributed by atoms with van der Waals surface area (Å²) < 4.78 is 11.3. The van der Waals surface area contributed by atoms with Crippen LogP contribution in [0.25, 0.3) is 5.57 Å². The molecule has 0 bridgehead atoms. The molecular formula is C24H34N2O4. The average Bonchev–Trinajstić information content (AvgIpc) is 2.98. The maximum atomic E-state index is 13.3. The zero-order chi connectivity index (χ0) is 21.7. The fourth-order valence-corrected chi connectivity index (χ4v) is 3.87. The van der Waals surface area contributed by atoms with Crippen LogP contribution in [-0.2, 0) is 14.3 Å². The predicted molar refractivity (Wildman–Crippen MR) is 117 cm³/mol. The van der Waals surface area contributed by atoms with Gasteiger partial charge in [0.1, 0.15) is 11.4 Å². The molecule has 2 aliphatic rings. The topological polar surface area (TPSA) is 59.1 Å². The van der Waals surface area contributed by atoms with Gasteiger partial charge in [-0.1, -0.05) is 26.0 Å². The molecule has 1 fully saturated rings. The quantitative estimate of drug-likeness (QED) is 0.577. The molecule has 30 heavy (non-hydrogen) atoms. The second kappa shape index (κ2) is 10.1. The minimum absolute atomic E-state index is 0.0592. The Labute approximate surface area is 179 Å². The van der Waals surface area contributed by atoms with E-state index in [0.29, 0.717) is 30.4 Å². The van der Waals surface area contributed by atoms with Gasteiger partial charge in [-0.3, -0.25) is 14.5 Å². The van der Waals surface area contributed by atoms with Crippen LogP contribution in [0.5, 0.6) is 5.75 Å². The molecule has 0 aromatic heterocycles. The SMILES string of the molecule is CCCOc1ccc(C2=C(N3CCC(C)CC3)C(=O)N(CCOC(C)C)C2=O)cc1. The smallest absolute Gasteiger partial charge is 0.277 e. The average molecular weight is 415 g/mol. The predicted octanol–water partition coefficient (Wildman–Crippen LogP) is 3.71. The van der Waals surface area contributed by atoms with E-state index in [1.807, 2.05) is 38.1 Å². The highest BCUT2D eigenvalue weighted by molar-refractivity contribution is 6.35. The summed E-state index contributed by atoms with van der Waals surface area (Å²) in [6.45, 7) is 11.0. The Balaban J connectivity index is 1.88. The minimum Gasteiger partial charge on any atom is -0.494 e. The van der Waals surface area contributed by atoms with Crippen LogP contribution in [0, 0.1) is 5.92 Å². The summed E-state index contributed by atoms with van der Waals surface area (Å²) in [4.78, 5) is 30.0. The Kier molecular flexibility index (Phi) is 7.53. The molecule has 2 amide bonds. The van der Waals surface area contributed by atoms with Crippen LogP contribution < -0.4 is 4.74 Å². The number of ether oxygens (including phenoxy) is 2. The Morgan fingerprint density at radius 3 is 2.30 bits per heavy atom. The molecule has 6 nitrogen and oxygen atoms in total. The van der Waals surface area contributed by atoms with Crippen molar-refractivity contribution in [3.8, 4) is 5.75 Å². The van der Waals surface area contributed by atoms with Gasteiger partial charge < -0.3 is 14.4 Å². The fourth-order valence-electron chi connectivity index (χ4n) is 3.87. The Hall–Kier alpha value is -2.34. The van der Waals surface area contributed by atoms with Crippen LogP contribution >= 0.6 is 0 Å². The first-order valence-corrected chi connectivity index (χ1v) is 11.1. The van der Waals surface area contributed by atoms with Crippen molar-refractivity contribution in [2.75, 3.05) is 32.8 Å². The van der Waals surface area contributed by atoms with Crippen molar-refractivity contribution in [1.82, 2.24) is 9.80 Å². The Morgan fingerprint density at radius 2 is 1.70 bits per heavy atom. The largest absolute Gasteiger partial charge is 0.494 e. The molecule has 3 rings (SSSR count). The number of benzene rings is 1. The third kappa shape index (κ3) is 5.04. The van der Waals surface area contributed by atoms with Gasteiger partial charge in [0.2, 0.25) is 0 Å². The molecule has 2 heterocycles. The summed E-state index contributed by atoms with van der Waals surface area (Å²) >= 11 is 0. The van der Waals surface area contributed by atoms with E-state index in [1.54, 1.807) is 0 Å². The number of amides is 2. The van der Waals surface area contributed by atoms with Crippen LogP contribution in [0.1, 0.15) is 52.5 Å². The number of carbonyl (C=O) groups is 2. The molecule has 164 valence electrons. The number of carbonyl (C=O) groups excluding carboxylic acids is 2. The van der Waals surface area contributed by atoms with E-state index in [4.69, 9.17) is 9.47 Å². The number of hydrogen-bond acceptors (Lipinski definition) is 5. The number of rotatable bonds is 9. The molecular weight excluding hydrogens is 380 g/mol. The summed E-state index contributed by atoms with van der Waals surface area (Å²) in [6.07, 6.45) is 3.05. The van der Waals surface area contributed by atoms with Crippen molar-refractivity contribution in [3.05, 3.63) is 35.5 Å². The molecule has 6 heteroatoms. The van der Waals surface area contributed by atoms with Gasteiger partial charge in [0.05, 0.1) is 31.4 Å². The van der Waals surface area contributed by atoms with E-state index in [9.17, 15) is 9.59 Å². The van der Waals surface area contributed by atoms with Gasteiger partial charge in [-0.2, -0.15) is 0 Å². The highest BCUT2D eigenvalue weighted by Gasteiger charge is 2.41. The van der Waals surface area contributed by atoms with E-state index in [-0.39, 0.29) is 24.5 Å². The first-order chi connectivity index (χ1) is 14.4. The first-order valence-electron chi connectivity index (χ1n) is 11.1. The lowest BCUT2D eigenvalue weighted by molar-refractivity contribution is -0.138. The molecule has 1 saturated heterocycles. The maximum absolute atomic E-state index is 13.3. The molecule has 1 aromatic rings. The zero-order valence-electron chi connectivity index (χ0n) is 18.6. The van der Waals surface area contributed by atoms with Gasteiger partial charge in [0.15, 0.2) is 0 Å². The minimum atomic E-state index is -0.233. The van der Waals surface area contributed by atoms with Crippen molar-refractivity contribution in [2.24, 2.45) is 5.92 Å². The Bertz CT molecular complexity index is 777. The third-order valence-electron chi connectivity index (χ3n) is 5.63. The van der Waals surface area contributed by atoms with Gasteiger partial charge in [0.25, 0.3) is 11.8 Å². The van der Waals surface area contributed by atoms with Crippen LogP contribution in [0.2, 0.25) is 0 Å². The number of piperidine rings is 1. The third-order valence-corrected chi connectivity index (χ3v) is 5.63. The summed E-state index contributed by atoms with van der Waals surface area (Å²) in [5.74, 6) is 0.975. The second-order valence-electron chi connectivity index (χ2n) is 8.45. The van der Waals surface area contributed by atoms with E-state index in [1.165, 1.54) is 4.90 Å². The maximum Gasteiger partial charge on any atom is 0.277 e. The van der Waals surface area contributed by atoms with Crippen molar-refractivity contribution in [1.29, 1.82) is 0 Å². The van der Waals surface area contributed by atoms with Gasteiger partial charge >= 0.3 is 0 Å². The van der Waals surface area contributed by atoms with Crippen molar-refractivity contribution in [3.63, 3.8) is 0 Å². The highest BCUT2D eigenvalue weighted by Crippen LogP contribution is 2.34. The van der Waals surface area contributed by atoms with E-state index in [2.05, 4.69) is 18.7 Å². The van der Waals surface area contributed by atoms with Crippen LogP contribution in [0.3, 0.4) is 0 Å². The standard InChI is InChI=1S/C24H34N2O4/c1-5-15-30-20-8-6-19(7-9-20)21-22(25-12-10-18(4)11-13-25)24(28)26(23(21)27)14-16-29-17(2)3/h6-9,17-18H,5,10-16H2,1-4H3. The van der Waals surface area contributed by atoms with Gasteiger partial charge in [-0.05, 0) is 56.7 Å². The van der Waals surface area contributed by atoms with Crippen LogP contribution in [0.4, 0.5) is 0 Å². The summed E-state index contributed by atoms with van der Waals surface area (Å²) in [7, 11) is 0. The van der Waals surface area contributed by atoms with Crippen molar-refractivity contribution >= 4 is 17.4 Å². The summed E-state index contributed by atoms with van der Waals surface area (Å²) in [5.41, 5.74) is 1.80. The number of likely N-dealkylation sites (tertiary alicyclic amines) is 1. The normalized spacial score (nSPS) is 18.2. The lowest BCUT2D eigenvalue weighted by Crippen LogP contribution is -2.39. The second-order valence-corrected chi connectivity index (χ2v) is 8.45. The van der Waals surface area contributed by atoms with Crippen molar-refractivity contribution < 1.29 is 19.1 Å². The molecule has 1 aromatic carbocycles. The molecule has 2 aliphatic heterocycles. The summed E-state index contributed by atoms with van der Waals surface area (Å²) in [6, 6.07) is 7.50. The van der Waals surface area contributed by atoms with E-state index >= 15 is 0 Å². The number of imide groups is 1. The molecule has 0 N–H and O–H groups in total. The molecule has 0 radical (unpaired) electrons. The number of hydrogen-bond donors (Lipinski definition) is 0. The first kappa shape index (κ1) is 22.3. The number of nitrogens with zero attached hydrogens (tertiary/aromatic N) is 2. The van der Waals surface area contributed by atoms with E-state index in [0.717, 1.165) is 43.7 Å². The van der Waals surface area contributed by atoms with Gasteiger partial charge in [-0.15, -0.1) is 0 Å². The van der Waals surface area contributed by atoms with Crippen LogP contribution in [0.15, 0.2) is 30.0 Å².